The molecule has 1 aromatic carbocycles. The van der Waals surface area contributed by atoms with Crippen molar-refractivity contribution in [3.63, 3.8) is 0 Å². The van der Waals surface area contributed by atoms with Gasteiger partial charge in [0.15, 0.2) is 0 Å². The van der Waals surface area contributed by atoms with E-state index in [9.17, 15) is 14.7 Å². The zero-order valence-electron chi connectivity index (χ0n) is 13.1. The molecule has 6 nitrogen and oxygen atoms in total. The van der Waals surface area contributed by atoms with Crippen LogP contribution in [0.4, 0.5) is 5.69 Å². The number of aliphatic carboxylic acids is 1. The van der Waals surface area contributed by atoms with E-state index >= 15 is 0 Å². The zero-order chi connectivity index (χ0) is 17.4. The monoisotopic (exact) mass is 361 g/mol. The maximum atomic E-state index is 12.0. The van der Waals surface area contributed by atoms with Gasteiger partial charge in [-0.05, 0) is 51.8 Å². The van der Waals surface area contributed by atoms with Gasteiger partial charge in [-0.1, -0.05) is 23.2 Å². The van der Waals surface area contributed by atoms with E-state index in [-0.39, 0.29) is 6.42 Å². The Kier molecular flexibility index (Phi) is 8.33. The molecule has 1 atom stereocenters. The number of anilines is 1. The average Bonchev–Trinajstić information content (AvgIpc) is 2.45. The summed E-state index contributed by atoms with van der Waals surface area (Å²) in [5, 5.41) is 15.4. The highest BCUT2D eigenvalue weighted by atomic mass is 35.5. The number of carboxylic acid groups (broad SMARTS) is 1. The second-order valence-electron chi connectivity index (χ2n) is 5.38. The smallest absolute Gasteiger partial charge is 0.321 e. The summed E-state index contributed by atoms with van der Waals surface area (Å²) >= 11 is 11.8. The summed E-state index contributed by atoms with van der Waals surface area (Å²) in [5.74, 6) is -1.51. The molecule has 0 aliphatic carbocycles. The Morgan fingerprint density at radius 2 is 2.00 bits per heavy atom. The fraction of sp³-hybridized carbons (Fsp3) is 0.467. The first-order valence-corrected chi connectivity index (χ1v) is 7.91. The summed E-state index contributed by atoms with van der Waals surface area (Å²) in [4.78, 5) is 25.2. The summed E-state index contributed by atoms with van der Waals surface area (Å²) < 4.78 is 0. The van der Waals surface area contributed by atoms with Gasteiger partial charge in [-0.2, -0.15) is 0 Å². The second kappa shape index (κ2) is 9.72. The van der Waals surface area contributed by atoms with Crippen LogP contribution in [0.25, 0.3) is 0 Å². The van der Waals surface area contributed by atoms with E-state index in [1.54, 1.807) is 12.1 Å². The van der Waals surface area contributed by atoms with Crippen LogP contribution in [0.3, 0.4) is 0 Å². The Bertz CT molecular complexity index is 553. The lowest BCUT2D eigenvalue weighted by atomic mass is 10.2. The Morgan fingerprint density at radius 3 is 2.61 bits per heavy atom. The van der Waals surface area contributed by atoms with Gasteiger partial charge in [-0.3, -0.25) is 9.59 Å². The third-order valence-corrected chi connectivity index (χ3v) is 3.63. The normalized spacial score (nSPS) is 12.2. The lowest BCUT2D eigenvalue weighted by Gasteiger charge is -2.16. The van der Waals surface area contributed by atoms with E-state index in [0.29, 0.717) is 22.3 Å². The van der Waals surface area contributed by atoms with E-state index < -0.39 is 17.9 Å². The van der Waals surface area contributed by atoms with Crippen LogP contribution in [0, 0.1) is 0 Å². The largest absolute Gasteiger partial charge is 0.480 e. The average molecular weight is 362 g/mol. The maximum absolute atomic E-state index is 12.0. The molecule has 0 spiro atoms. The number of amides is 1. The molecule has 0 aromatic heterocycles. The van der Waals surface area contributed by atoms with Crippen LogP contribution in [0.15, 0.2) is 18.2 Å². The van der Waals surface area contributed by atoms with Crippen LogP contribution in [0.1, 0.15) is 12.8 Å². The van der Waals surface area contributed by atoms with Crippen LogP contribution in [0.2, 0.25) is 10.0 Å². The van der Waals surface area contributed by atoms with Crippen LogP contribution >= 0.6 is 23.2 Å². The molecular weight excluding hydrogens is 341 g/mol. The molecular formula is C15H21Cl2N3O3. The lowest BCUT2D eigenvalue weighted by Crippen LogP contribution is -2.40. The molecule has 3 N–H and O–H groups in total. The van der Waals surface area contributed by atoms with Gasteiger partial charge in [0.05, 0.1) is 17.1 Å². The molecule has 0 bridgehead atoms. The molecule has 0 fully saturated rings. The Hall–Kier alpha value is -1.34. The van der Waals surface area contributed by atoms with Crippen LogP contribution in [-0.4, -0.2) is 55.1 Å². The second-order valence-corrected chi connectivity index (χ2v) is 6.22. The van der Waals surface area contributed by atoms with Gasteiger partial charge in [-0.25, -0.2) is 0 Å². The number of hydrogen-bond acceptors (Lipinski definition) is 4. The number of carboxylic acids is 1. The fourth-order valence-electron chi connectivity index (χ4n) is 1.90. The van der Waals surface area contributed by atoms with E-state index in [1.807, 2.05) is 19.0 Å². The van der Waals surface area contributed by atoms with E-state index in [2.05, 4.69) is 10.6 Å². The maximum Gasteiger partial charge on any atom is 0.321 e. The van der Waals surface area contributed by atoms with Crippen molar-refractivity contribution in [2.24, 2.45) is 0 Å². The molecule has 0 radical (unpaired) electrons. The quantitative estimate of drug-likeness (QED) is 0.588. The molecule has 0 saturated heterocycles. The van der Waals surface area contributed by atoms with Gasteiger partial charge >= 0.3 is 5.97 Å². The first-order chi connectivity index (χ1) is 10.8. The van der Waals surface area contributed by atoms with Crippen LogP contribution in [-0.2, 0) is 9.59 Å². The van der Waals surface area contributed by atoms with Gasteiger partial charge in [0.1, 0.15) is 6.04 Å². The Balaban J connectivity index is 2.53. The Labute approximate surface area is 145 Å². The zero-order valence-corrected chi connectivity index (χ0v) is 14.6. The molecule has 1 rings (SSSR count). The van der Waals surface area contributed by atoms with Crippen molar-refractivity contribution in [2.45, 2.75) is 18.9 Å². The number of rotatable bonds is 9. The van der Waals surface area contributed by atoms with Crippen molar-refractivity contribution in [1.29, 1.82) is 0 Å². The lowest BCUT2D eigenvalue weighted by molar-refractivity contribution is -0.141. The van der Waals surface area contributed by atoms with E-state index in [4.69, 9.17) is 23.2 Å². The van der Waals surface area contributed by atoms with Crippen molar-refractivity contribution < 1.29 is 14.7 Å². The van der Waals surface area contributed by atoms with Gasteiger partial charge in [0, 0.05) is 5.02 Å². The topological polar surface area (TPSA) is 81.7 Å². The number of carbonyl (C=O) groups is 2. The van der Waals surface area contributed by atoms with E-state index in [0.717, 1.165) is 13.0 Å². The standard InChI is InChI=1S/C15H21Cl2N3O3/c1-20(2)7-3-6-18-13(15(22)23)9-14(21)19-12-8-10(16)4-5-11(12)17/h4-5,8,13,18H,3,6-7,9H2,1-2H3,(H,19,21)(H,22,23)/t13-/m0/s1. The molecule has 0 aliphatic rings. The summed E-state index contributed by atoms with van der Waals surface area (Å²) in [6.45, 7) is 1.35. The van der Waals surface area contributed by atoms with Gasteiger partial charge < -0.3 is 20.6 Å². The molecule has 0 aliphatic heterocycles. The minimum Gasteiger partial charge on any atom is -0.480 e. The molecule has 8 heteroatoms. The number of halogens is 2. The third-order valence-electron chi connectivity index (χ3n) is 3.06. The highest BCUT2D eigenvalue weighted by molar-refractivity contribution is 6.35. The van der Waals surface area contributed by atoms with Crippen molar-refractivity contribution in [2.75, 3.05) is 32.5 Å². The van der Waals surface area contributed by atoms with Crippen molar-refractivity contribution in [1.82, 2.24) is 10.2 Å². The Morgan fingerprint density at radius 1 is 1.30 bits per heavy atom. The number of nitrogens with one attached hydrogen (secondary N) is 2. The highest BCUT2D eigenvalue weighted by Crippen LogP contribution is 2.25. The minimum absolute atomic E-state index is 0.194. The summed E-state index contributed by atoms with van der Waals surface area (Å²) in [6, 6.07) is 3.73. The van der Waals surface area contributed by atoms with Crippen molar-refractivity contribution in [3.8, 4) is 0 Å². The molecule has 0 unspecified atom stereocenters. The number of nitrogens with zero attached hydrogens (tertiary/aromatic N) is 1. The van der Waals surface area contributed by atoms with Gasteiger partial charge in [-0.15, -0.1) is 0 Å². The van der Waals surface area contributed by atoms with E-state index in [1.165, 1.54) is 6.07 Å². The van der Waals surface area contributed by atoms with Crippen molar-refractivity contribution in [3.05, 3.63) is 28.2 Å². The highest BCUT2D eigenvalue weighted by Gasteiger charge is 2.21. The summed E-state index contributed by atoms with van der Waals surface area (Å²) in [6.07, 6.45) is 0.596. The van der Waals surface area contributed by atoms with Crippen LogP contribution < -0.4 is 10.6 Å². The summed E-state index contributed by atoms with van der Waals surface area (Å²) in [5.41, 5.74) is 0.362. The SMILES string of the molecule is CN(C)CCCN[C@@H](CC(=O)Nc1cc(Cl)ccc1Cl)C(=O)O. The molecule has 0 saturated carbocycles. The number of benzene rings is 1. The first-order valence-electron chi connectivity index (χ1n) is 7.15. The summed E-state index contributed by atoms with van der Waals surface area (Å²) in [7, 11) is 3.88. The van der Waals surface area contributed by atoms with Gasteiger partial charge in [0.25, 0.3) is 0 Å². The molecule has 1 aromatic rings. The fourth-order valence-corrected chi connectivity index (χ4v) is 2.24. The first kappa shape index (κ1) is 19.7. The molecule has 0 heterocycles. The number of carbonyl (C=O) groups excluding carboxylic acids is 1. The molecule has 23 heavy (non-hydrogen) atoms. The minimum atomic E-state index is -1.07. The number of hydrogen-bond donors (Lipinski definition) is 3. The van der Waals surface area contributed by atoms with Crippen LogP contribution in [0.5, 0.6) is 0 Å². The molecule has 128 valence electrons. The third kappa shape index (κ3) is 7.65. The van der Waals surface area contributed by atoms with Gasteiger partial charge in [0.2, 0.25) is 5.91 Å². The molecule has 1 amide bonds. The predicted molar refractivity (Wildman–Crippen MR) is 92.3 cm³/mol. The predicted octanol–water partition coefficient (Wildman–Crippen LogP) is 2.32. The van der Waals surface area contributed by atoms with Crippen molar-refractivity contribution >= 4 is 40.8 Å².